The molecular weight excluding hydrogens is 302 g/mol. The minimum absolute atomic E-state index is 0.0193. The Morgan fingerprint density at radius 2 is 2.30 bits per heavy atom. The van der Waals surface area contributed by atoms with Gasteiger partial charge in [0.1, 0.15) is 4.88 Å². The first-order valence-corrected chi connectivity index (χ1v) is 8.63. The zero-order valence-corrected chi connectivity index (χ0v) is 12.7. The van der Waals surface area contributed by atoms with E-state index in [4.69, 9.17) is 9.84 Å². The molecule has 0 aromatic carbocycles. The van der Waals surface area contributed by atoms with Crippen molar-refractivity contribution in [3.05, 3.63) is 16.3 Å². The lowest BCUT2D eigenvalue weighted by Gasteiger charge is -2.26. The van der Waals surface area contributed by atoms with Crippen LogP contribution >= 0.6 is 11.3 Å². The van der Waals surface area contributed by atoms with Gasteiger partial charge in [-0.15, -0.1) is 11.3 Å². The maximum absolute atomic E-state index is 12.3. The monoisotopic (exact) mass is 319 g/mol. The van der Waals surface area contributed by atoms with Gasteiger partial charge < -0.3 is 9.84 Å². The molecule has 6 nitrogen and oxygen atoms in total. The SMILES string of the molecule is CN(CC1CCCCO1)S(=O)(=O)c1csc(C(=O)O)c1. The van der Waals surface area contributed by atoms with Crippen LogP contribution in [0.1, 0.15) is 28.9 Å². The molecule has 0 radical (unpaired) electrons. The molecule has 0 saturated carbocycles. The molecule has 2 rings (SSSR count). The summed E-state index contributed by atoms with van der Waals surface area (Å²) in [6.45, 7) is 0.959. The van der Waals surface area contributed by atoms with Crippen LogP contribution in [-0.2, 0) is 14.8 Å². The average Bonchev–Trinajstić information content (AvgIpc) is 2.90. The molecule has 1 fully saturated rings. The molecule has 8 heteroatoms. The molecule has 0 amide bonds. The van der Waals surface area contributed by atoms with Gasteiger partial charge in [-0.2, -0.15) is 4.31 Å². The second-order valence-electron chi connectivity index (χ2n) is 4.73. The summed E-state index contributed by atoms with van der Waals surface area (Å²) in [6, 6.07) is 1.20. The molecule has 1 atom stereocenters. The summed E-state index contributed by atoms with van der Waals surface area (Å²) in [5.41, 5.74) is 0. The van der Waals surface area contributed by atoms with Crippen LogP contribution in [0.5, 0.6) is 0 Å². The number of rotatable bonds is 5. The van der Waals surface area contributed by atoms with E-state index in [-0.39, 0.29) is 15.9 Å². The highest BCUT2D eigenvalue weighted by molar-refractivity contribution is 7.89. The van der Waals surface area contributed by atoms with Crippen LogP contribution in [0.2, 0.25) is 0 Å². The third-order valence-electron chi connectivity index (χ3n) is 3.23. The van der Waals surface area contributed by atoms with Crippen molar-refractivity contribution < 1.29 is 23.1 Å². The molecule has 0 aliphatic carbocycles. The predicted octanol–water partition coefficient (Wildman–Crippen LogP) is 1.64. The van der Waals surface area contributed by atoms with Crippen LogP contribution in [-0.4, -0.2) is 50.1 Å². The van der Waals surface area contributed by atoms with E-state index >= 15 is 0 Å². The average molecular weight is 319 g/mol. The van der Waals surface area contributed by atoms with Crippen molar-refractivity contribution in [3.8, 4) is 0 Å². The van der Waals surface area contributed by atoms with E-state index in [0.717, 1.165) is 30.6 Å². The van der Waals surface area contributed by atoms with Crippen molar-refractivity contribution in [2.75, 3.05) is 20.2 Å². The zero-order chi connectivity index (χ0) is 14.8. The molecule has 1 aromatic heterocycles. The number of carbonyl (C=O) groups is 1. The Hall–Kier alpha value is -0.960. The van der Waals surface area contributed by atoms with Gasteiger partial charge in [0, 0.05) is 25.6 Å². The van der Waals surface area contributed by atoms with Crippen molar-refractivity contribution in [1.82, 2.24) is 4.31 Å². The summed E-state index contributed by atoms with van der Waals surface area (Å²) in [7, 11) is -2.16. The van der Waals surface area contributed by atoms with Gasteiger partial charge in [0.15, 0.2) is 0 Å². The van der Waals surface area contributed by atoms with E-state index in [1.54, 1.807) is 0 Å². The number of carboxylic acid groups (broad SMARTS) is 1. The van der Waals surface area contributed by atoms with Crippen LogP contribution in [0.25, 0.3) is 0 Å². The van der Waals surface area contributed by atoms with Crippen molar-refractivity contribution in [3.63, 3.8) is 0 Å². The van der Waals surface area contributed by atoms with Gasteiger partial charge in [0.2, 0.25) is 10.0 Å². The second kappa shape index (κ2) is 6.21. The standard InChI is InChI=1S/C12H17NO5S2/c1-13(7-9-4-2-3-5-18-9)20(16,17)10-6-11(12(14)15)19-8-10/h6,8-9H,2-5,7H2,1H3,(H,14,15). The Morgan fingerprint density at radius 1 is 1.55 bits per heavy atom. The van der Waals surface area contributed by atoms with Crippen molar-refractivity contribution in [1.29, 1.82) is 0 Å². The number of nitrogens with zero attached hydrogens (tertiary/aromatic N) is 1. The molecule has 20 heavy (non-hydrogen) atoms. The quantitative estimate of drug-likeness (QED) is 0.892. The predicted molar refractivity (Wildman–Crippen MR) is 74.7 cm³/mol. The van der Waals surface area contributed by atoms with E-state index in [0.29, 0.717) is 13.2 Å². The molecule has 0 spiro atoms. The maximum Gasteiger partial charge on any atom is 0.345 e. The minimum Gasteiger partial charge on any atom is -0.477 e. The Kier molecular flexibility index (Phi) is 4.79. The van der Waals surface area contributed by atoms with Gasteiger partial charge in [0.25, 0.3) is 0 Å². The first kappa shape index (κ1) is 15.4. The van der Waals surface area contributed by atoms with Crippen LogP contribution < -0.4 is 0 Å². The molecule has 1 saturated heterocycles. The van der Waals surface area contributed by atoms with Crippen molar-refractivity contribution in [2.45, 2.75) is 30.3 Å². The van der Waals surface area contributed by atoms with Gasteiger partial charge in [-0.05, 0) is 25.3 Å². The first-order chi connectivity index (χ1) is 9.41. The Morgan fingerprint density at radius 3 is 2.85 bits per heavy atom. The molecule has 2 heterocycles. The summed E-state index contributed by atoms with van der Waals surface area (Å²) >= 11 is 0.911. The number of sulfonamides is 1. The zero-order valence-electron chi connectivity index (χ0n) is 11.1. The number of hydrogen-bond acceptors (Lipinski definition) is 5. The third-order valence-corrected chi connectivity index (χ3v) is 6.10. The molecule has 0 bridgehead atoms. The lowest BCUT2D eigenvalue weighted by Crippen LogP contribution is -2.37. The van der Waals surface area contributed by atoms with Crippen LogP contribution in [0.15, 0.2) is 16.3 Å². The number of hydrogen-bond donors (Lipinski definition) is 1. The smallest absolute Gasteiger partial charge is 0.345 e. The summed E-state index contributed by atoms with van der Waals surface area (Å²) < 4.78 is 31.4. The van der Waals surface area contributed by atoms with E-state index in [1.807, 2.05) is 0 Å². The fourth-order valence-corrected chi connectivity index (χ4v) is 4.38. The molecule has 112 valence electrons. The summed E-state index contributed by atoms with van der Waals surface area (Å²) in [6.07, 6.45) is 2.82. The second-order valence-corrected chi connectivity index (χ2v) is 7.68. The lowest BCUT2D eigenvalue weighted by molar-refractivity contribution is 0.00858. The number of thiophene rings is 1. The topological polar surface area (TPSA) is 83.9 Å². The maximum atomic E-state index is 12.3. The highest BCUT2D eigenvalue weighted by Gasteiger charge is 2.26. The van der Waals surface area contributed by atoms with E-state index in [9.17, 15) is 13.2 Å². The third kappa shape index (κ3) is 3.38. The number of likely N-dealkylation sites (N-methyl/N-ethyl adjacent to an activating group) is 1. The van der Waals surface area contributed by atoms with E-state index < -0.39 is 16.0 Å². The van der Waals surface area contributed by atoms with Gasteiger partial charge in [-0.1, -0.05) is 0 Å². The van der Waals surface area contributed by atoms with Crippen LogP contribution in [0.4, 0.5) is 0 Å². The van der Waals surface area contributed by atoms with Crippen LogP contribution in [0, 0.1) is 0 Å². The van der Waals surface area contributed by atoms with Gasteiger partial charge in [-0.3, -0.25) is 0 Å². The Labute approximate surface area is 122 Å². The van der Waals surface area contributed by atoms with Gasteiger partial charge in [0.05, 0.1) is 11.0 Å². The van der Waals surface area contributed by atoms with E-state index in [2.05, 4.69) is 0 Å². The van der Waals surface area contributed by atoms with Crippen molar-refractivity contribution in [2.24, 2.45) is 0 Å². The Bertz CT molecular complexity index is 574. The largest absolute Gasteiger partial charge is 0.477 e. The summed E-state index contributed by atoms with van der Waals surface area (Å²) in [5.74, 6) is -1.12. The number of aromatic carboxylic acids is 1. The molecule has 1 aliphatic rings. The number of carboxylic acids is 1. The number of ether oxygens (including phenoxy) is 1. The highest BCUT2D eigenvalue weighted by atomic mass is 32.2. The minimum atomic E-state index is -3.65. The summed E-state index contributed by atoms with van der Waals surface area (Å²) in [5, 5.41) is 10.2. The normalized spacial score (nSPS) is 20.2. The molecule has 1 unspecified atom stereocenters. The highest BCUT2D eigenvalue weighted by Crippen LogP contribution is 2.23. The molecule has 1 N–H and O–H groups in total. The van der Waals surface area contributed by atoms with E-state index in [1.165, 1.54) is 22.8 Å². The van der Waals surface area contributed by atoms with Gasteiger partial charge >= 0.3 is 5.97 Å². The lowest BCUT2D eigenvalue weighted by atomic mass is 10.1. The fraction of sp³-hybridized carbons (Fsp3) is 0.583. The van der Waals surface area contributed by atoms with Gasteiger partial charge in [-0.25, -0.2) is 13.2 Å². The summed E-state index contributed by atoms with van der Waals surface area (Å²) in [4.78, 5) is 10.9. The first-order valence-electron chi connectivity index (χ1n) is 6.31. The van der Waals surface area contributed by atoms with Crippen molar-refractivity contribution >= 4 is 27.3 Å². The molecule has 1 aromatic rings. The molecule has 1 aliphatic heterocycles. The fourth-order valence-electron chi connectivity index (χ4n) is 2.08. The Balaban J connectivity index is 2.09. The molecular formula is C12H17NO5S2. The van der Waals surface area contributed by atoms with Crippen LogP contribution in [0.3, 0.4) is 0 Å².